The molecule has 2 nitrogen and oxygen atoms in total. The SMILES string of the molecule is CCCc1cccc(C(C)C)c1NC(=O)[C@H]1C[C@@H]1c1ccc(F)cc1. The Morgan fingerprint density at radius 3 is 2.56 bits per heavy atom. The highest BCUT2D eigenvalue weighted by Crippen LogP contribution is 2.48. The van der Waals surface area contributed by atoms with Crippen LogP contribution in [-0.2, 0) is 11.2 Å². The van der Waals surface area contributed by atoms with Gasteiger partial charge in [0.25, 0.3) is 0 Å². The number of para-hydroxylation sites is 1. The van der Waals surface area contributed by atoms with E-state index in [2.05, 4.69) is 44.3 Å². The highest BCUT2D eigenvalue weighted by atomic mass is 19.1. The zero-order chi connectivity index (χ0) is 18.0. The van der Waals surface area contributed by atoms with Gasteiger partial charge < -0.3 is 5.32 Å². The van der Waals surface area contributed by atoms with Crippen LogP contribution in [0.2, 0.25) is 0 Å². The Bertz CT molecular complexity index is 751. The Morgan fingerprint density at radius 1 is 1.20 bits per heavy atom. The Morgan fingerprint density at radius 2 is 1.92 bits per heavy atom. The first-order chi connectivity index (χ1) is 12.0. The van der Waals surface area contributed by atoms with Crippen molar-refractivity contribution in [3.63, 3.8) is 0 Å². The minimum atomic E-state index is -0.236. The molecule has 2 atom stereocenters. The average molecular weight is 339 g/mol. The lowest BCUT2D eigenvalue weighted by Gasteiger charge is -2.18. The molecule has 1 aliphatic rings. The van der Waals surface area contributed by atoms with E-state index in [1.54, 1.807) is 12.1 Å². The molecule has 1 saturated carbocycles. The van der Waals surface area contributed by atoms with Crippen LogP contribution in [0.5, 0.6) is 0 Å². The number of rotatable bonds is 6. The standard InChI is InChI=1S/C22H26FNO/c1-4-6-16-7-5-8-18(14(2)3)21(16)24-22(25)20-13-19(20)15-9-11-17(23)12-10-15/h5,7-12,14,19-20H,4,6,13H2,1-3H3,(H,24,25)/t19-,20+/m1/s1. The maximum absolute atomic E-state index is 13.1. The normalized spacial score (nSPS) is 19.1. The molecular weight excluding hydrogens is 313 g/mol. The lowest BCUT2D eigenvalue weighted by molar-refractivity contribution is -0.117. The third-order valence-corrected chi connectivity index (χ3v) is 5.00. The van der Waals surface area contributed by atoms with Crippen molar-refractivity contribution in [2.24, 2.45) is 5.92 Å². The van der Waals surface area contributed by atoms with Crippen LogP contribution in [0.1, 0.15) is 62.1 Å². The van der Waals surface area contributed by atoms with E-state index in [-0.39, 0.29) is 23.6 Å². The Kier molecular flexibility index (Phi) is 5.22. The van der Waals surface area contributed by atoms with Gasteiger partial charge in [0.15, 0.2) is 0 Å². The summed E-state index contributed by atoms with van der Waals surface area (Å²) in [6, 6.07) is 12.8. The molecule has 132 valence electrons. The van der Waals surface area contributed by atoms with E-state index in [0.29, 0.717) is 5.92 Å². The molecule has 0 spiro atoms. The number of halogens is 1. The van der Waals surface area contributed by atoms with E-state index in [1.165, 1.54) is 23.3 Å². The van der Waals surface area contributed by atoms with Crippen LogP contribution >= 0.6 is 0 Å². The second kappa shape index (κ2) is 7.38. The number of hydrogen-bond acceptors (Lipinski definition) is 1. The monoisotopic (exact) mass is 339 g/mol. The fourth-order valence-electron chi connectivity index (χ4n) is 3.51. The molecule has 1 amide bonds. The van der Waals surface area contributed by atoms with Gasteiger partial charge in [0.2, 0.25) is 5.91 Å². The van der Waals surface area contributed by atoms with Crippen LogP contribution in [0.3, 0.4) is 0 Å². The summed E-state index contributed by atoms with van der Waals surface area (Å²) in [6.45, 7) is 6.46. The van der Waals surface area contributed by atoms with Crippen LogP contribution in [0.15, 0.2) is 42.5 Å². The number of carbonyl (C=O) groups excluding carboxylic acids is 1. The van der Waals surface area contributed by atoms with Crippen LogP contribution in [-0.4, -0.2) is 5.91 Å². The van der Waals surface area contributed by atoms with Crippen molar-refractivity contribution >= 4 is 11.6 Å². The first kappa shape index (κ1) is 17.7. The molecule has 3 rings (SSSR count). The molecule has 1 aliphatic carbocycles. The highest BCUT2D eigenvalue weighted by molar-refractivity contribution is 5.96. The van der Waals surface area contributed by atoms with E-state index in [1.807, 2.05) is 0 Å². The van der Waals surface area contributed by atoms with Gasteiger partial charge in [0.05, 0.1) is 0 Å². The number of hydrogen-bond donors (Lipinski definition) is 1. The molecule has 0 bridgehead atoms. The molecular formula is C22H26FNO. The molecule has 0 heterocycles. The summed E-state index contributed by atoms with van der Waals surface area (Å²) in [6.07, 6.45) is 2.85. The molecule has 2 aromatic rings. The molecule has 0 unspecified atom stereocenters. The van der Waals surface area contributed by atoms with Gasteiger partial charge >= 0.3 is 0 Å². The van der Waals surface area contributed by atoms with Crippen LogP contribution in [0, 0.1) is 11.7 Å². The number of anilines is 1. The molecule has 0 radical (unpaired) electrons. The molecule has 1 N–H and O–H groups in total. The second-order valence-electron chi connectivity index (χ2n) is 7.28. The summed E-state index contributed by atoms with van der Waals surface area (Å²) in [5, 5.41) is 3.21. The third kappa shape index (κ3) is 3.92. The summed E-state index contributed by atoms with van der Waals surface area (Å²) in [5.74, 6) is 0.404. The van der Waals surface area contributed by atoms with Crippen molar-refractivity contribution in [2.75, 3.05) is 5.32 Å². The smallest absolute Gasteiger partial charge is 0.228 e. The maximum Gasteiger partial charge on any atom is 0.228 e. The van der Waals surface area contributed by atoms with Gasteiger partial charge in [-0.05, 0) is 53.5 Å². The molecule has 25 heavy (non-hydrogen) atoms. The average Bonchev–Trinajstić information content (AvgIpc) is 3.38. The summed E-state index contributed by atoms with van der Waals surface area (Å²) < 4.78 is 13.1. The van der Waals surface area contributed by atoms with Crippen molar-refractivity contribution in [3.05, 3.63) is 65.0 Å². The van der Waals surface area contributed by atoms with Crippen LogP contribution < -0.4 is 5.32 Å². The van der Waals surface area contributed by atoms with Gasteiger partial charge in [-0.15, -0.1) is 0 Å². The minimum absolute atomic E-state index is 0.0137. The highest BCUT2D eigenvalue weighted by Gasteiger charge is 2.44. The van der Waals surface area contributed by atoms with Gasteiger partial charge in [0.1, 0.15) is 5.82 Å². The largest absolute Gasteiger partial charge is 0.325 e. The van der Waals surface area contributed by atoms with Crippen molar-refractivity contribution < 1.29 is 9.18 Å². The Balaban J connectivity index is 1.76. The lowest BCUT2D eigenvalue weighted by Crippen LogP contribution is -2.17. The molecule has 0 aliphatic heterocycles. The quantitative estimate of drug-likeness (QED) is 0.724. The number of benzene rings is 2. The molecule has 3 heteroatoms. The van der Waals surface area contributed by atoms with Crippen molar-refractivity contribution in [1.82, 2.24) is 0 Å². The number of nitrogens with one attached hydrogen (secondary N) is 1. The maximum atomic E-state index is 13.1. The van der Waals surface area contributed by atoms with E-state index < -0.39 is 0 Å². The molecule has 2 aromatic carbocycles. The molecule has 0 saturated heterocycles. The first-order valence-electron chi connectivity index (χ1n) is 9.19. The predicted octanol–water partition coefficient (Wildman–Crippen LogP) is 5.64. The minimum Gasteiger partial charge on any atom is -0.325 e. The fraction of sp³-hybridized carbons (Fsp3) is 0.409. The van der Waals surface area contributed by atoms with Crippen molar-refractivity contribution in [3.8, 4) is 0 Å². The van der Waals surface area contributed by atoms with Crippen LogP contribution in [0.25, 0.3) is 0 Å². The van der Waals surface area contributed by atoms with Crippen molar-refractivity contribution in [1.29, 1.82) is 0 Å². The number of carbonyl (C=O) groups is 1. The second-order valence-corrected chi connectivity index (χ2v) is 7.28. The fourth-order valence-corrected chi connectivity index (χ4v) is 3.51. The summed E-state index contributed by atoms with van der Waals surface area (Å²) in [7, 11) is 0. The number of aryl methyl sites for hydroxylation is 1. The Labute approximate surface area is 149 Å². The van der Waals surface area contributed by atoms with Crippen LogP contribution in [0.4, 0.5) is 10.1 Å². The summed E-state index contributed by atoms with van der Waals surface area (Å²) >= 11 is 0. The molecule has 1 fully saturated rings. The van der Waals surface area contributed by atoms with Crippen molar-refractivity contribution in [2.45, 2.75) is 51.9 Å². The third-order valence-electron chi connectivity index (χ3n) is 5.00. The van der Waals surface area contributed by atoms with Gasteiger partial charge in [-0.25, -0.2) is 4.39 Å². The lowest BCUT2D eigenvalue weighted by atomic mass is 9.95. The van der Waals surface area contributed by atoms with E-state index >= 15 is 0 Å². The zero-order valence-corrected chi connectivity index (χ0v) is 15.2. The zero-order valence-electron chi connectivity index (χ0n) is 15.2. The van der Waals surface area contributed by atoms with Gasteiger partial charge in [0, 0.05) is 11.6 Å². The number of amides is 1. The topological polar surface area (TPSA) is 29.1 Å². The molecule has 0 aromatic heterocycles. The first-order valence-corrected chi connectivity index (χ1v) is 9.19. The summed E-state index contributed by atoms with van der Waals surface area (Å²) in [4.78, 5) is 12.8. The van der Waals surface area contributed by atoms with Gasteiger partial charge in [-0.2, -0.15) is 0 Å². The van der Waals surface area contributed by atoms with Gasteiger partial charge in [-0.1, -0.05) is 57.5 Å². The predicted molar refractivity (Wildman–Crippen MR) is 100 cm³/mol. The summed E-state index contributed by atoms with van der Waals surface area (Å²) in [5.41, 5.74) is 4.45. The van der Waals surface area contributed by atoms with E-state index in [9.17, 15) is 9.18 Å². The van der Waals surface area contributed by atoms with Gasteiger partial charge in [-0.3, -0.25) is 4.79 Å². The van der Waals surface area contributed by atoms with E-state index in [0.717, 1.165) is 30.5 Å². The van der Waals surface area contributed by atoms with E-state index in [4.69, 9.17) is 0 Å². The Hall–Kier alpha value is -2.16.